The Morgan fingerprint density at radius 2 is 2.04 bits per heavy atom. The molecule has 0 saturated carbocycles. The molecule has 0 aliphatic carbocycles. The van der Waals surface area contributed by atoms with E-state index in [0.717, 1.165) is 23.4 Å². The fourth-order valence-electron chi connectivity index (χ4n) is 3.83. The number of carbonyl (C=O) groups excluding carboxylic acids is 1. The zero-order valence-corrected chi connectivity index (χ0v) is 16.6. The highest BCUT2D eigenvalue weighted by molar-refractivity contribution is 6.31. The van der Waals surface area contributed by atoms with E-state index in [4.69, 9.17) is 16.3 Å². The third-order valence-electron chi connectivity index (χ3n) is 5.14. The number of para-hydroxylation sites is 1. The van der Waals surface area contributed by atoms with Crippen molar-refractivity contribution in [2.75, 3.05) is 12.4 Å². The number of urea groups is 1. The fraction of sp³-hybridized carbons (Fsp3) is 0.227. The molecular formula is C22H22ClN3O2. The Kier molecular flexibility index (Phi) is 5.01. The maximum Gasteiger partial charge on any atom is 0.322 e. The Morgan fingerprint density at radius 1 is 1.21 bits per heavy atom. The summed E-state index contributed by atoms with van der Waals surface area (Å²) in [6.07, 6.45) is 2.86. The number of halogens is 1. The number of fused-ring (bicyclic) bond motifs is 3. The van der Waals surface area contributed by atoms with Crippen molar-refractivity contribution < 1.29 is 9.53 Å². The summed E-state index contributed by atoms with van der Waals surface area (Å²) in [5.41, 5.74) is 3.86. The van der Waals surface area contributed by atoms with Gasteiger partial charge in [-0.15, -0.1) is 0 Å². The van der Waals surface area contributed by atoms with Gasteiger partial charge in [0.05, 0.1) is 31.1 Å². The fourth-order valence-corrected chi connectivity index (χ4v) is 4.00. The predicted octanol–water partition coefficient (Wildman–Crippen LogP) is 5.64. The summed E-state index contributed by atoms with van der Waals surface area (Å²) < 4.78 is 7.55. The second-order valence-electron chi connectivity index (χ2n) is 6.76. The number of ether oxygens (including phenoxy) is 1. The van der Waals surface area contributed by atoms with Crippen molar-refractivity contribution >= 4 is 23.3 Å². The Bertz CT molecular complexity index is 1010. The van der Waals surface area contributed by atoms with E-state index in [1.807, 2.05) is 23.1 Å². The highest BCUT2D eigenvalue weighted by atomic mass is 35.5. The summed E-state index contributed by atoms with van der Waals surface area (Å²) in [5, 5.41) is 3.53. The lowest BCUT2D eigenvalue weighted by Gasteiger charge is -2.30. The van der Waals surface area contributed by atoms with Crippen LogP contribution in [-0.2, 0) is 6.54 Å². The quantitative estimate of drug-likeness (QED) is 0.623. The average molecular weight is 396 g/mol. The molecule has 6 heteroatoms. The molecule has 1 aromatic heterocycles. The van der Waals surface area contributed by atoms with Gasteiger partial charge < -0.3 is 19.5 Å². The topological polar surface area (TPSA) is 46.5 Å². The summed E-state index contributed by atoms with van der Waals surface area (Å²) in [6.45, 7) is 2.61. The molecule has 28 heavy (non-hydrogen) atoms. The lowest BCUT2D eigenvalue weighted by molar-refractivity contribution is 0.181. The summed E-state index contributed by atoms with van der Waals surface area (Å²) in [6, 6.07) is 17.2. The molecule has 1 aliphatic heterocycles. The molecule has 0 radical (unpaired) electrons. The first-order chi connectivity index (χ1) is 13.6. The van der Waals surface area contributed by atoms with Crippen LogP contribution in [0.4, 0.5) is 10.5 Å². The maximum atomic E-state index is 13.3. The first-order valence-electron chi connectivity index (χ1n) is 9.29. The van der Waals surface area contributed by atoms with Crippen LogP contribution < -0.4 is 10.1 Å². The number of hydrogen-bond donors (Lipinski definition) is 1. The number of anilines is 1. The van der Waals surface area contributed by atoms with Crippen LogP contribution in [0.25, 0.3) is 5.69 Å². The molecule has 3 aromatic rings. The van der Waals surface area contributed by atoms with Crippen molar-refractivity contribution in [1.29, 1.82) is 0 Å². The van der Waals surface area contributed by atoms with Gasteiger partial charge in [0.1, 0.15) is 5.75 Å². The van der Waals surface area contributed by atoms with E-state index in [9.17, 15) is 4.79 Å². The molecule has 0 saturated heterocycles. The van der Waals surface area contributed by atoms with Gasteiger partial charge in [-0.3, -0.25) is 0 Å². The number of rotatable bonds is 3. The van der Waals surface area contributed by atoms with Crippen molar-refractivity contribution in [1.82, 2.24) is 9.47 Å². The van der Waals surface area contributed by atoms with Gasteiger partial charge in [0.15, 0.2) is 0 Å². The molecule has 0 bridgehead atoms. The number of nitrogens with one attached hydrogen (secondary N) is 1. The van der Waals surface area contributed by atoms with Crippen LogP contribution in [-0.4, -0.2) is 22.6 Å². The molecule has 1 unspecified atom stereocenters. The van der Waals surface area contributed by atoms with Crippen molar-refractivity contribution in [3.8, 4) is 11.4 Å². The molecule has 1 atom stereocenters. The highest BCUT2D eigenvalue weighted by Crippen LogP contribution is 2.35. The minimum Gasteiger partial charge on any atom is -0.495 e. The Hall–Kier alpha value is -2.92. The zero-order valence-electron chi connectivity index (χ0n) is 15.9. The number of benzene rings is 2. The Labute approximate surface area is 169 Å². The number of methoxy groups -OCH3 is 1. The van der Waals surface area contributed by atoms with Crippen LogP contribution in [0.2, 0.25) is 5.02 Å². The number of aromatic nitrogens is 1. The molecule has 5 nitrogen and oxygen atoms in total. The van der Waals surface area contributed by atoms with Crippen LogP contribution in [0.15, 0.2) is 60.8 Å². The third-order valence-corrected chi connectivity index (χ3v) is 5.38. The van der Waals surface area contributed by atoms with Crippen LogP contribution in [0.3, 0.4) is 0 Å². The number of amides is 2. The third kappa shape index (κ3) is 3.22. The first kappa shape index (κ1) is 18.4. The lowest BCUT2D eigenvalue weighted by Crippen LogP contribution is -2.37. The minimum absolute atomic E-state index is 0.0485. The van der Waals surface area contributed by atoms with E-state index in [1.165, 1.54) is 0 Å². The van der Waals surface area contributed by atoms with Gasteiger partial charge in [0.25, 0.3) is 0 Å². The van der Waals surface area contributed by atoms with E-state index in [2.05, 4.69) is 41.2 Å². The van der Waals surface area contributed by atoms with Crippen molar-refractivity contribution in [3.63, 3.8) is 0 Å². The van der Waals surface area contributed by atoms with Gasteiger partial charge in [-0.2, -0.15) is 0 Å². The van der Waals surface area contributed by atoms with Crippen molar-refractivity contribution in [2.24, 2.45) is 0 Å². The SMILES string of the molecule is CCC1c2cccn2-c2ccccc2CN1C(=O)Nc1cc(Cl)ccc1OC. The normalized spacial score (nSPS) is 15.4. The maximum absolute atomic E-state index is 13.3. The minimum atomic E-state index is -0.183. The summed E-state index contributed by atoms with van der Waals surface area (Å²) >= 11 is 6.12. The van der Waals surface area contributed by atoms with E-state index in [0.29, 0.717) is 23.0 Å². The molecule has 4 rings (SSSR count). The smallest absolute Gasteiger partial charge is 0.322 e. The largest absolute Gasteiger partial charge is 0.495 e. The lowest BCUT2D eigenvalue weighted by atomic mass is 10.1. The van der Waals surface area contributed by atoms with Gasteiger partial charge in [0, 0.05) is 16.9 Å². The van der Waals surface area contributed by atoms with Gasteiger partial charge >= 0.3 is 6.03 Å². The molecule has 0 spiro atoms. The van der Waals surface area contributed by atoms with Crippen LogP contribution >= 0.6 is 11.6 Å². The molecular weight excluding hydrogens is 374 g/mol. The van der Waals surface area contributed by atoms with E-state index in [-0.39, 0.29) is 12.1 Å². The summed E-state index contributed by atoms with van der Waals surface area (Å²) in [4.78, 5) is 15.2. The number of carbonyl (C=O) groups is 1. The van der Waals surface area contributed by atoms with Crippen LogP contribution in [0, 0.1) is 0 Å². The Balaban J connectivity index is 1.73. The Morgan fingerprint density at radius 3 is 2.82 bits per heavy atom. The van der Waals surface area contributed by atoms with E-state index < -0.39 is 0 Å². The van der Waals surface area contributed by atoms with Crippen molar-refractivity contribution in [2.45, 2.75) is 25.9 Å². The van der Waals surface area contributed by atoms with Gasteiger partial charge in [-0.05, 0) is 48.4 Å². The van der Waals surface area contributed by atoms with Gasteiger partial charge in [-0.1, -0.05) is 36.7 Å². The zero-order chi connectivity index (χ0) is 19.7. The second kappa shape index (κ2) is 7.60. The second-order valence-corrected chi connectivity index (χ2v) is 7.19. The molecule has 1 aliphatic rings. The first-order valence-corrected chi connectivity index (χ1v) is 9.67. The van der Waals surface area contributed by atoms with Gasteiger partial charge in [-0.25, -0.2) is 4.79 Å². The average Bonchev–Trinajstić information content (AvgIpc) is 3.13. The van der Waals surface area contributed by atoms with E-state index >= 15 is 0 Å². The predicted molar refractivity (Wildman–Crippen MR) is 111 cm³/mol. The van der Waals surface area contributed by atoms with E-state index in [1.54, 1.807) is 25.3 Å². The number of nitrogens with zero attached hydrogens (tertiary/aromatic N) is 2. The summed E-state index contributed by atoms with van der Waals surface area (Å²) in [7, 11) is 1.57. The number of hydrogen-bond acceptors (Lipinski definition) is 2. The molecule has 2 amide bonds. The molecule has 144 valence electrons. The van der Waals surface area contributed by atoms with Gasteiger partial charge in [0.2, 0.25) is 0 Å². The van der Waals surface area contributed by atoms with Crippen molar-refractivity contribution in [3.05, 3.63) is 77.1 Å². The molecule has 2 heterocycles. The molecule has 1 N–H and O–H groups in total. The van der Waals surface area contributed by atoms with Crippen LogP contribution in [0.5, 0.6) is 5.75 Å². The summed E-state index contributed by atoms with van der Waals surface area (Å²) in [5.74, 6) is 0.574. The molecule has 2 aromatic carbocycles. The molecule has 0 fully saturated rings. The standard InChI is InChI=1S/C22H22ClN3O2/c1-3-18-20-9-6-12-25(20)19-8-5-4-7-15(19)14-26(18)22(27)24-17-13-16(23)10-11-21(17)28-2/h4-13,18H,3,14H2,1-2H3,(H,24,27). The monoisotopic (exact) mass is 395 g/mol. The highest BCUT2D eigenvalue weighted by Gasteiger charge is 2.30. The van der Waals surface area contributed by atoms with Crippen LogP contribution in [0.1, 0.15) is 30.6 Å².